The van der Waals surface area contributed by atoms with Crippen molar-refractivity contribution in [3.8, 4) is 16.9 Å². The molecule has 2 aromatic carbocycles. The van der Waals surface area contributed by atoms with E-state index < -0.39 is 5.97 Å². The van der Waals surface area contributed by atoms with Gasteiger partial charge in [0.2, 0.25) is 0 Å². The Hall–Kier alpha value is -2.55. The Morgan fingerprint density at radius 3 is 2.33 bits per heavy atom. The molecule has 1 saturated carbocycles. The predicted octanol–water partition coefficient (Wildman–Crippen LogP) is 6.94. The molecule has 0 spiro atoms. The number of hydrogen-bond donors (Lipinski definition) is 2. The molecule has 1 aliphatic carbocycles. The second kappa shape index (κ2) is 10.5. The topological polar surface area (TPSA) is 57.5 Å². The minimum Gasteiger partial charge on any atom is -0.508 e. The first-order chi connectivity index (χ1) is 14.4. The molecule has 0 aromatic heterocycles. The largest absolute Gasteiger partial charge is 0.508 e. The number of carboxylic acids is 1. The smallest absolute Gasteiger partial charge is 0.328 e. The zero-order valence-electron chi connectivity index (χ0n) is 18.2. The summed E-state index contributed by atoms with van der Waals surface area (Å²) in [6.45, 7) is 4.68. The predicted molar refractivity (Wildman–Crippen MR) is 123 cm³/mol. The van der Waals surface area contributed by atoms with Gasteiger partial charge in [-0.2, -0.15) is 0 Å². The Morgan fingerprint density at radius 2 is 1.67 bits per heavy atom. The van der Waals surface area contributed by atoms with E-state index in [2.05, 4.69) is 19.9 Å². The summed E-state index contributed by atoms with van der Waals surface area (Å²) in [5, 5.41) is 19.2. The van der Waals surface area contributed by atoms with E-state index in [1.165, 1.54) is 32.1 Å². The van der Waals surface area contributed by atoms with Gasteiger partial charge >= 0.3 is 5.97 Å². The van der Waals surface area contributed by atoms with E-state index >= 15 is 0 Å². The van der Waals surface area contributed by atoms with Crippen LogP contribution in [0.25, 0.3) is 17.2 Å². The van der Waals surface area contributed by atoms with E-state index in [0.717, 1.165) is 58.9 Å². The number of aromatic hydroxyl groups is 1. The van der Waals surface area contributed by atoms with Crippen LogP contribution in [0.15, 0.2) is 48.5 Å². The van der Waals surface area contributed by atoms with Crippen LogP contribution in [0.3, 0.4) is 0 Å². The zero-order valence-corrected chi connectivity index (χ0v) is 18.2. The van der Waals surface area contributed by atoms with Gasteiger partial charge in [-0.05, 0) is 90.3 Å². The third-order valence-electron chi connectivity index (χ3n) is 6.40. The van der Waals surface area contributed by atoms with E-state index in [0.29, 0.717) is 5.75 Å². The number of benzene rings is 2. The molecule has 0 heterocycles. The minimum atomic E-state index is -0.948. The van der Waals surface area contributed by atoms with Crippen LogP contribution in [0.4, 0.5) is 0 Å². The van der Waals surface area contributed by atoms with E-state index in [4.69, 9.17) is 5.11 Å². The Kier molecular flexibility index (Phi) is 7.73. The molecule has 1 aliphatic rings. The van der Waals surface area contributed by atoms with Crippen molar-refractivity contribution in [3.05, 3.63) is 59.7 Å². The number of phenols is 1. The molecule has 0 saturated heterocycles. The van der Waals surface area contributed by atoms with Crippen LogP contribution < -0.4 is 0 Å². The van der Waals surface area contributed by atoms with Gasteiger partial charge in [-0.25, -0.2) is 4.79 Å². The van der Waals surface area contributed by atoms with Crippen LogP contribution in [0.5, 0.6) is 5.75 Å². The van der Waals surface area contributed by atoms with Crippen molar-refractivity contribution < 1.29 is 15.0 Å². The molecule has 3 rings (SSSR count). The number of aliphatic carboxylic acids is 1. The number of aryl methyl sites for hydroxylation is 1. The van der Waals surface area contributed by atoms with Gasteiger partial charge in [-0.3, -0.25) is 0 Å². The molecule has 2 N–H and O–H groups in total. The van der Waals surface area contributed by atoms with E-state index in [-0.39, 0.29) is 0 Å². The quantitative estimate of drug-likeness (QED) is 0.467. The molecule has 0 aliphatic heterocycles. The van der Waals surface area contributed by atoms with E-state index in [9.17, 15) is 9.90 Å². The fraction of sp³-hybridized carbons (Fsp3) is 0.444. The molecule has 160 valence electrons. The molecule has 3 unspecified atom stereocenters. The van der Waals surface area contributed by atoms with Gasteiger partial charge in [-0.15, -0.1) is 0 Å². The highest BCUT2D eigenvalue weighted by Gasteiger charge is 2.26. The van der Waals surface area contributed by atoms with Crippen molar-refractivity contribution in [3.63, 3.8) is 0 Å². The highest BCUT2D eigenvalue weighted by molar-refractivity contribution is 5.85. The van der Waals surface area contributed by atoms with Gasteiger partial charge in [0, 0.05) is 6.08 Å². The summed E-state index contributed by atoms with van der Waals surface area (Å²) in [4.78, 5) is 10.7. The fourth-order valence-electron chi connectivity index (χ4n) is 5.06. The van der Waals surface area contributed by atoms with Gasteiger partial charge in [0.05, 0.1) is 0 Å². The Balaban J connectivity index is 1.67. The first-order valence-corrected chi connectivity index (χ1v) is 11.3. The van der Waals surface area contributed by atoms with Crippen LogP contribution in [-0.4, -0.2) is 16.2 Å². The molecule has 3 nitrogen and oxygen atoms in total. The third-order valence-corrected chi connectivity index (χ3v) is 6.40. The maximum absolute atomic E-state index is 10.7. The number of phenolic OH excluding ortho intramolecular Hbond substituents is 1. The van der Waals surface area contributed by atoms with Crippen LogP contribution in [-0.2, 0) is 11.2 Å². The summed E-state index contributed by atoms with van der Waals surface area (Å²) in [6, 6.07) is 13.7. The highest BCUT2D eigenvalue weighted by atomic mass is 16.4. The first-order valence-electron chi connectivity index (χ1n) is 11.3. The molecule has 3 atom stereocenters. The number of hydrogen-bond acceptors (Lipinski definition) is 2. The Morgan fingerprint density at radius 1 is 1.00 bits per heavy atom. The van der Waals surface area contributed by atoms with Crippen molar-refractivity contribution >= 4 is 12.0 Å². The van der Waals surface area contributed by atoms with E-state index in [1.807, 2.05) is 30.3 Å². The zero-order chi connectivity index (χ0) is 21.5. The lowest BCUT2D eigenvalue weighted by atomic mass is 9.72. The summed E-state index contributed by atoms with van der Waals surface area (Å²) in [7, 11) is 0. The molecule has 0 bridgehead atoms. The van der Waals surface area contributed by atoms with Crippen molar-refractivity contribution in [2.24, 2.45) is 17.8 Å². The maximum Gasteiger partial charge on any atom is 0.328 e. The number of carboxylic acid groups (broad SMARTS) is 1. The average Bonchev–Trinajstić information content (AvgIpc) is 2.72. The lowest BCUT2D eigenvalue weighted by Crippen LogP contribution is -2.21. The van der Waals surface area contributed by atoms with Gasteiger partial charge < -0.3 is 10.2 Å². The lowest BCUT2D eigenvalue weighted by Gasteiger charge is -2.33. The summed E-state index contributed by atoms with van der Waals surface area (Å²) >= 11 is 0. The summed E-state index contributed by atoms with van der Waals surface area (Å²) in [5.74, 6) is 1.88. The summed E-state index contributed by atoms with van der Waals surface area (Å²) < 4.78 is 0. The second-order valence-electron chi connectivity index (χ2n) is 9.01. The molecule has 1 fully saturated rings. The monoisotopic (exact) mass is 406 g/mol. The first kappa shape index (κ1) is 22.1. The highest BCUT2D eigenvalue weighted by Crippen LogP contribution is 2.38. The van der Waals surface area contributed by atoms with Crippen LogP contribution >= 0.6 is 0 Å². The minimum absolute atomic E-state index is 0.383. The number of rotatable bonds is 8. The van der Waals surface area contributed by atoms with Crippen molar-refractivity contribution in [1.29, 1.82) is 0 Å². The van der Waals surface area contributed by atoms with Crippen LogP contribution in [0.1, 0.15) is 63.5 Å². The average molecular weight is 407 g/mol. The van der Waals surface area contributed by atoms with Gasteiger partial charge in [0.15, 0.2) is 0 Å². The molecular weight excluding hydrogens is 372 g/mol. The van der Waals surface area contributed by atoms with Crippen LogP contribution in [0.2, 0.25) is 0 Å². The van der Waals surface area contributed by atoms with Crippen molar-refractivity contribution in [1.82, 2.24) is 0 Å². The lowest BCUT2D eigenvalue weighted by molar-refractivity contribution is -0.131. The summed E-state index contributed by atoms with van der Waals surface area (Å²) in [5.41, 5.74) is 4.02. The van der Waals surface area contributed by atoms with Gasteiger partial charge in [0.25, 0.3) is 0 Å². The SMILES string of the molecule is CCCC1CC(C)CC(CCc2cc(-c3ccc(/C=C/C(=O)O)cc3)ccc2O)C1. The normalized spacial score (nSPS) is 21.7. The molecule has 0 amide bonds. The number of carbonyl (C=O) groups is 1. The van der Waals surface area contributed by atoms with E-state index in [1.54, 1.807) is 12.1 Å². The van der Waals surface area contributed by atoms with Gasteiger partial charge in [0.1, 0.15) is 5.75 Å². The molecule has 0 radical (unpaired) electrons. The molecule has 30 heavy (non-hydrogen) atoms. The Labute approximate surface area is 180 Å². The fourth-order valence-corrected chi connectivity index (χ4v) is 5.06. The Bertz CT molecular complexity index is 866. The third kappa shape index (κ3) is 6.22. The van der Waals surface area contributed by atoms with Crippen LogP contribution in [0, 0.1) is 17.8 Å². The molecule has 2 aromatic rings. The van der Waals surface area contributed by atoms with Gasteiger partial charge in [-0.1, -0.05) is 57.0 Å². The van der Waals surface area contributed by atoms with Crippen molar-refractivity contribution in [2.45, 2.75) is 58.8 Å². The molecular formula is C27H34O3. The van der Waals surface area contributed by atoms with Crippen molar-refractivity contribution in [2.75, 3.05) is 0 Å². The molecule has 3 heteroatoms. The summed E-state index contributed by atoms with van der Waals surface area (Å²) in [6.07, 6.45) is 11.4. The maximum atomic E-state index is 10.7. The second-order valence-corrected chi connectivity index (χ2v) is 9.01. The standard InChI is InChI=1S/C27H34O3/c1-3-4-21-15-19(2)16-22(17-21)7-11-25-18-24(12-13-26(25)28)23-9-5-20(6-10-23)8-14-27(29)30/h5-6,8-10,12-14,18-19,21-22,28H,3-4,7,11,15-17H2,1-2H3,(H,29,30)/b14-8+.